The molecule has 1 unspecified atom stereocenters. The molecular weight excluding hydrogens is 536 g/mol. The Morgan fingerprint density at radius 2 is 1.97 bits per heavy atom. The molecule has 0 saturated heterocycles. The van der Waals surface area contributed by atoms with Crippen LogP contribution in [0.5, 0.6) is 0 Å². The van der Waals surface area contributed by atoms with Gasteiger partial charge in [0.2, 0.25) is 11.1 Å². The Bertz CT molecular complexity index is 1760. The summed E-state index contributed by atoms with van der Waals surface area (Å²) in [5, 5.41) is 18.9. The molecule has 2 aromatic carbocycles. The highest BCUT2D eigenvalue weighted by Gasteiger charge is 2.31. The van der Waals surface area contributed by atoms with Crippen molar-refractivity contribution in [2.75, 3.05) is 10.6 Å². The number of hydrogen-bond donors (Lipinski definition) is 3. The van der Waals surface area contributed by atoms with Crippen LogP contribution in [0.3, 0.4) is 0 Å². The van der Waals surface area contributed by atoms with E-state index >= 15 is 0 Å². The van der Waals surface area contributed by atoms with E-state index in [1.54, 1.807) is 25.4 Å². The van der Waals surface area contributed by atoms with Gasteiger partial charge in [0.15, 0.2) is 10.6 Å². The van der Waals surface area contributed by atoms with Gasteiger partial charge in [-0.05, 0) is 49.7 Å². The number of carbonyl (C=O) groups is 1. The molecule has 3 aromatic heterocycles. The monoisotopic (exact) mass is 556 g/mol. The second kappa shape index (κ2) is 10.3. The predicted molar refractivity (Wildman–Crippen MR) is 152 cm³/mol. The lowest BCUT2D eigenvalue weighted by Gasteiger charge is -2.26. The number of nitrogens with one attached hydrogen (secondary N) is 3. The van der Waals surface area contributed by atoms with Crippen LogP contribution in [0, 0.1) is 6.92 Å². The maximum absolute atomic E-state index is 13.6. The van der Waals surface area contributed by atoms with E-state index in [1.807, 2.05) is 55.5 Å². The van der Waals surface area contributed by atoms with Crippen molar-refractivity contribution in [2.45, 2.75) is 19.9 Å². The summed E-state index contributed by atoms with van der Waals surface area (Å²) in [6.07, 6.45) is 3.38. The van der Waals surface area contributed by atoms with Crippen molar-refractivity contribution in [2.24, 2.45) is 4.99 Å². The van der Waals surface area contributed by atoms with Crippen LogP contribution in [0.2, 0.25) is 5.02 Å². The van der Waals surface area contributed by atoms with Crippen molar-refractivity contribution in [3.05, 3.63) is 94.4 Å². The maximum atomic E-state index is 13.6. The molecule has 0 saturated carbocycles. The highest BCUT2D eigenvalue weighted by molar-refractivity contribution is 7.18. The van der Waals surface area contributed by atoms with Gasteiger partial charge in [0.1, 0.15) is 11.6 Å². The molecule has 1 aliphatic rings. The van der Waals surface area contributed by atoms with E-state index in [4.69, 9.17) is 21.0 Å². The number of allylic oxidation sites excluding steroid dienone is 1. The number of anilines is 2. The highest BCUT2D eigenvalue weighted by atomic mass is 35.5. The fraction of sp³-hybridized carbons (Fsp3) is 0.111. The minimum Gasteiger partial charge on any atom is -0.423 e. The highest BCUT2D eigenvalue weighted by Crippen LogP contribution is 2.36. The van der Waals surface area contributed by atoms with Crippen molar-refractivity contribution in [3.8, 4) is 10.6 Å². The summed E-state index contributed by atoms with van der Waals surface area (Å²) in [6, 6.07) is 16.3. The number of hydrogen-bond acceptors (Lipinski definition) is 10. The molecule has 39 heavy (non-hydrogen) atoms. The molecule has 0 fully saturated rings. The minimum absolute atomic E-state index is 0.275. The molecule has 1 amide bonds. The van der Waals surface area contributed by atoms with E-state index in [-0.39, 0.29) is 11.9 Å². The molecule has 0 spiro atoms. The van der Waals surface area contributed by atoms with Gasteiger partial charge in [-0.2, -0.15) is 4.98 Å². The van der Waals surface area contributed by atoms with E-state index in [0.717, 1.165) is 16.6 Å². The number of aryl methyl sites for hydroxylation is 1. The van der Waals surface area contributed by atoms with E-state index in [9.17, 15) is 4.79 Å². The molecule has 0 bridgehead atoms. The van der Waals surface area contributed by atoms with Gasteiger partial charge in [-0.3, -0.25) is 20.4 Å². The number of oxazole rings is 1. The van der Waals surface area contributed by atoms with Gasteiger partial charge in [0, 0.05) is 34.2 Å². The van der Waals surface area contributed by atoms with Gasteiger partial charge in [-0.15, -0.1) is 10.2 Å². The number of benzene rings is 2. The number of pyridine rings is 1. The second-order valence-electron chi connectivity index (χ2n) is 8.79. The second-order valence-corrected chi connectivity index (χ2v) is 10.2. The van der Waals surface area contributed by atoms with E-state index in [1.165, 1.54) is 11.3 Å². The summed E-state index contributed by atoms with van der Waals surface area (Å²) >= 11 is 7.81. The zero-order chi connectivity index (χ0) is 26.9. The number of rotatable bonds is 5. The summed E-state index contributed by atoms with van der Waals surface area (Å²) in [6.45, 7) is 3.78. The number of aliphatic imine (C=N–C) groups is 1. The largest absolute Gasteiger partial charge is 0.423 e. The number of fused-ring (bicyclic) bond motifs is 1. The Labute approximate surface area is 231 Å². The Morgan fingerprint density at radius 1 is 1.10 bits per heavy atom. The zero-order valence-electron chi connectivity index (χ0n) is 20.8. The summed E-state index contributed by atoms with van der Waals surface area (Å²) in [4.78, 5) is 27.0. The first-order valence-electron chi connectivity index (χ1n) is 11.9. The lowest BCUT2D eigenvalue weighted by Crippen LogP contribution is -2.37. The van der Waals surface area contributed by atoms with Crippen LogP contribution in [0.4, 0.5) is 11.1 Å². The van der Waals surface area contributed by atoms with Gasteiger partial charge < -0.3 is 9.73 Å². The number of carbonyl (C=O) groups excluding carboxylic acids is 1. The predicted octanol–water partition coefficient (Wildman–Crippen LogP) is 5.73. The number of halogens is 1. The Hall–Kier alpha value is -4.61. The lowest BCUT2D eigenvalue weighted by molar-refractivity contribution is -0.113. The number of guanidine groups is 1. The van der Waals surface area contributed by atoms with Crippen LogP contribution in [0.25, 0.3) is 21.7 Å². The smallest absolute Gasteiger partial charge is 0.302 e. The molecule has 1 atom stereocenters. The molecule has 4 heterocycles. The van der Waals surface area contributed by atoms with Crippen LogP contribution in [-0.4, -0.2) is 32.0 Å². The average Bonchev–Trinajstić information content (AvgIpc) is 3.55. The summed E-state index contributed by atoms with van der Waals surface area (Å²) < 4.78 is 5.86. The van der Waals surface area contributed by atoms with Crippen molar-refractivity contribution >= 4 is 57.1 Å². The van der Waals surface area contributed by atoms with Gasteiger partial charge in [0.25, 0.3) is 5.91 Å². The first-order valence-corrected chi connectivity index (χ1v) is 13.1. The quantitative estimate of drug-likeness (QED) is 0.250. The van der Waals surface area contributed by atoms with Crippen LogP contribution in [0.15, 0.2) is 87.7 Å². The number of amides is 1. The van der Waals surface area contributed by atoms with Crippen LogP contribution in [0.1, 0.15) is 24.1 Å². The zero-order valence-corrected chi connectivity index (χ0v) is 22.3. The molecule has 12 heteroatoms. The first kappa shape index (κ1) is 24.7. The van der Waals surface area contributed by atoms with E-state index in [0.29, 0.717) is 43.5 Å². The van der Waals surface area contributed by atoms with Crippen LogP contribution in [-0.2, 0) is 4.79 Å². The molecule has 0 radical (unpaired) electrons. The van der Waals surface area contributed by atoms with E-state index in [2.05, 4.69) is 36.1 Å². The van der Waals surface area contributed by atoms with Gasteiger partial charge >= 0.3 is 6.01 Å². The van der Waals surface area contributed by atoms with Crippen molar-refractivity contribution in [3.63, 3.8) is 0 Å². The molecule has 6 rings (SSSR count). The number of aromatic nitrogens is 4. The van der Waals surface area contributed by atoms with Crippen LogP contribution < -0.4 is 16.0 Å². The van der Waals surface area contributed by atoms with Gasteiger partial charge in [0.05, 0.1) is 5.57 Å². The normalized spacial score (nSPS) is 15.2. The molecule has 5 aromatic rings. The maximum Gasteiger partial charge on any atom is 0.302 e. The summed E-state index contributed by atoms with van der Waals surface area (Å²) in [5.41, 5.74) is 4.90. The van der Waals surface area contributed by atoms with Gasteiger partial charge in [-0.25, -0.2) is 4.99 Å². The fourth-order valence-corrected chi connectivity index (χ4v) is 5.15. The SMILES string of the molecule is CC1=C(C(=O)Nc2nnc(-c3cccnc3)s2)C(c2ccccc2Cl)N=C(Nc2nc3ccc(C)cc3o2)N1. The Kier molecular flexibility index (Phi) is 6.51. The average molecular weight is 557 g/mol. The standard InChI is InChI=1S/C27H21ClN8O2S/c1-14-9-10-19-20(12-14)38-26(31-19)34-25-30-15(2)21(22(32-25)17-7-3-4-8-18(17)28)23(37)33-27-36-35-24(39-27)16-6-5-11-29-13-16/h3-13,22H,1-2H3,(H,33,36,37)(H2,30,31,32,34). The van der Waals surface area contributed by atoms with Gasteiger partial charge in [-0.1, -0.05) is 47.2 Å². The Morgan fingerprint density at radius 3 is 2.79 bits per heavy atom. The third-order valence-corrected chi connectivity index (χ3v) is 7.24. The molecule has 10 nitrogen and oxygen atoms in total. The van der Waals surface area contributed by atoms with Crippen molar-refractivity contribution in [1.82, 2.24) is 25.5 Å². The molecule has 3 N–H and O–H groups in total. The molecule has 1 aliphatic heterocycles. The first-order chi connectivity index (χ1) is 18.9. The van der Waals surface area contributed by atoms with Crippen molar-refractivity contribution < 1.29 is 9.21 Å². The lowest BCUT2D eigenvalue weighted by atomic mass is 9.95. The summed E-state index contributed by atoms with van der Waals surface area (Å²) in [7, 11) is 0. The van der Waals surface area contributed by atoms with Crippen molar-refractivity contribution in [1.29, 1.82) is 0 Å². The molecular formula is C27H21ClN8O2S. The Balaban J connectivity index is 1.30. The molecule has 194 valence electrons. The number of nitrogens with zero attached hydrogens (tertiary/aromatic N) is 5. The van der Waals surface area contributed by atoms with Crippen LogP contribution >= 0.6 is 22.9 Å². The minimum atomic E-state index is -0.709. The fourth-order valence-electron chi connectivity index (χ4n) is 4.19. The topological polar surface area (TPSA) is 130 Å². The molecule has 0 aliphatic carbocycles. The summed E-state index contributed by atoms with van der Waals surface area (Å²) in [5.74, 6) is -0.00836. The third-order valence-electron chi connectivity index (χ3n) is 6.01. The third kappa shape index (κ3) is 5.09. The van der Waals surface area contributed by atoms with E-state index < -0.39 is 6.04 Å².